The van der Waals surface area contributed by atoms with Gasteiger partial charge in [0, 0.05) is 43.0 Å². The van der Waals surface area contributed by atoms with Gasteiger partial charge in [-0.3, -0.25) is 14.8 Å². The first kappa shape index (κ1) is 17.2. The number of nitrogens with zero attached hydrogens (tertiary/aromatic N) is 3. The minimum Gasteiger partial charge on any atom is -0.469 e. The Morgan fingerprint density at radius 1 is 1.27 bits per heavy atom. The summed E-state index contributed by atoms with van der Waals surface area (Å²) in [4.78, 5) is 22.9. The fourth-order valence-electron chi connectivity index (χ4n) is 4.24. The molecule has 0 spiro atoms. The minimum atomic E-state index is -0.136. The number of ether oxygens (including phenoxy) is 1. The highest BCUT2D eigenvalue weighted by Crippen LogP contribution is 2.37. The van der Waals surface area contributed by atoms with Crippen LogP contribution in [0.3, 0.4) is 0 Å². The molecule has 26 heavy (non-hydrogen) atoms. The van der Waals surface area contributed by atoms with E-state index in [4.69, 9.17) is 4.74 Å². The lowest BCUT2D eigenvalue weighted by Crippen LogP contribution is -2.39. The number of hydrogen-bond donors (Lipinski definition) is 0. The molecule has 2 aliphatic heterocycles. The molecule has 0 saturated carbocycles. The van der Waals surface area contributed by atoms with Crippen molar-refractivity contribution >= 4 is 23.1 Å². The molecule has 3 heterocycles. The lowest BCUT2D eigenvalue weighted by Gasteiger charge is -2.37. The number of carbonyl (C=O) groups excluding carboxylic acids is 1. The van der Waals surface area contributed by atoms with Crippen LogP contribution in [-0.4, -0.2) is 48.8 Å². The molecule has 1 aromatic carbocycles. The minimum absolute atomic E-state index is 0.136. The summed E-state index contributed by atoms with van der Waals surface area (Å²) in [5, 5.41) is 1.24. The Morgan fingerprint density at radius 2 is 2.08 bits per heavy atom. The fourth-order valence-corrected chi connectivity index (χ4v) is 4.24. The van der Waals surface area contributed by atoms with Crippen LogP contribution >= 0.6 is 0 Å². The average molecular weight is 351 g/mol. The highest BCUT2D eigenvalue weighted by molar-refractivity contribution is 5.92. The molecule has 0 aliphatic carbocycles. The van der Waals surface area contributed by atoms with E-state index in [2.05, 4.69) is 40.0 Å². The van der Waals surface area contributed by atoms with Crippen LogP contribution in [0.15, 0.2) is 35.5 Å². The molecule has 0 bridgehead atoms. The van der Waals surface area contributed by atoms with Crippen molar-refractivity contribution < 1.29 is 9.53 Å². The third-order valence-electron chi connectivity index (χ3n) is 5.49. The maximum Gasteiger partial charge on any atom is 0.306 e. The predicted octanol–water partition coefficient (Wildman–Crippen LogP) is 3.35. The lowest BCUT2D eigenvalue weighted by atomic mass is 9.83. The third-order valence-corrected chi connectivity index (χ3v) is 5.49. The second kappa shape index (κ2) is 7.16. The maximum atomic E-state index is 11.5. The van der Waals surface area contributed by atoms with Gasteiger partial charge in [-0.2, -0.15) is 0 Å². The summed E-state index contributed by atoms with van der Waals surface area (Å²) in [5.74, 6) is 0.921. The van der Waals surface area contributed by atoms with Gasteiger partial charge in [0.2, 0.25) is 0 Å². The van der Waals surface area contributed by atoms with Crippen LogP contribution in [0.1, 0.15) is 42.9 Å². The number of likely N-dealkylation sites (tertiary alicyclic amines) is 1. The van der Waals surface area contributed by atoms with Crippen molar-refractivity contribution in [2.45, 2.75) is 31.7 Å². The number of aromatic nitrogens is 1. The van der Waals surface area contributed by atoms with Gasteiger partial charge in [0.05, 0.1) is 19.0 Å². The predicted molar refractivity (Wildman–Crippen MR) is 103 cm³/mol. The summed E-state index contributed by atoms with van der Waals surface area (Å²) in [6.45, 7) is 5.07. The van der Waals surface area contributed by atoms with E-state index >= 15 is 0 Å². The highest BCUT2D eigenvalue weighted by Gasteiger charge is 2.28. The molecule has 0 N–H and O–H groups in total. The molecule has 1 saturated heterocycles. The summed E-state index contributed by atoms with van der Waals surface area (Å²) in [6, 6.07) is 8.87. The van der Waals surface area contributed by atoms with Crippen LogP contribution in [-0.2, 0) is 9.53 Å². The number of carbonyl (C=O) groups is 1. The van der Waals surface area contributed by atoms with Gasteiger partial charge in [-0.1, -0.05) is 25.1 Å². The van der Waals surface area contributed by atoms with Crippen LogP contribution in [0.5, 0.6) is 0 Å². The van der Waals surface area contributed by atoms with Gasteiger partial charge in [-0.15, -0.1) is 0 Å². The van der Waals surface area contributed by atoms with E-state index in [0.29, 0.717) is 18.3 Å². The van der Waals surface area contributed by atoms with E-state index in [1.165, 1.54) is 23.6 Å². The number of piperidine rings is 1. The normalized spacial score (nSPS) is 25.4. The fraction of sp³-hybridized carbons (Fsp3) is 0.476. The van der Waals surface area contributed by atoms with Gasteiger partial charge >= 0.3 is 5.97 Å². The number of aliphatic imine (C=N–C) groups is 1. The SMILES string of the molecule is COC(=O)CCN1CC(C)CC(c2ccc(C3C=N3)c3ncccc23)C1. The molecular weight excluding hydrogens is 326 g/mol. The zero-order valence-corrected chi connectivity index (χ0v) is 15.4. The van der Waals surface area contributed by atoms with Crippen LogP contribution < -0.4 is 0 Å². The summed E-state index contributed by atoms with van der Waals surface area (Å²) < 4.78 is 4.79. The van der Waals surface area contributed by atoms with E-state index in [-0.39, 0.29) is 12.0 Å². The van der Waals surface area contributed by atoms with E-state index < -0.39 is 0 Å². The number of methoxy groups -OCH3 is 1. The van der Waals surface area contributed by atoms with Crippen molar-refractivity contribution in [3.8, 4) is 0 Å². The van der Waals surface area contributed by atoms with Crippen molar-refractivity contribution in [1.82, 2.24) is 9.88 Å². The Labute approximate surface area is 154 Å². The first-order valence-electron chi connectivity index (χ1n) is 9.35. The molecule has 3 atom stereocenters. The Morgan fingerprint density at radius 3 is 2.85 bits per heavy atom. The summed E-state index contributed by atoms with van der Waals surface area (Å²) in [5.41, 5.74) is 3.65. The van der Waals surface area contributed by atoms with Crippen molar-refractivity contribution in [2.24, 2.45) is 10.9 Å². The molecule has 2 aliphatic rings. The van der Waals surface area contributed by atoms with Crippen molar-refractivity contribution in [2.75, 3.05) is 26.7 Å². The molecule has 1 fully saturated rings. The highest BCUT2D eigenvalue weighted by atomic mass is 16.5. The number of hydrogen-bond acceptors (Lipinski definition) is 5. The zero-order chi connectivity index (χ0) is 18.1. The maximum absolute atomic E-state index is 11.5. The molecule has 2 aromatic rings. The molecule has 0 radical (unpaired) electrons. The Kier molecular flexibility index (Phi) is 4.72. The Hall–Kier alpha value is -2.27. The molecule has 136 valence electrons. The lowest BCUT2D eigenvalue weighted by molar-refractivity contribution is -0.141. The van der Waals surface area contributed by atoms with Crippen LogP contribution in [0.25, 0.3) is 10.9 Å². The molecule has 5 nitrogen and oxygen atoms in total. The molecule has 0 amide bonds. The van der Waals surface area contributed by atoms with Crippen molar-refractivity contribution in [1.29, 1.82) is 0 Å². The Bertz CT molecular complexity index is 842. The van der Waals surface area contributed by atoms with Crippen molar-refractivity contribution in [3.05, 3.63) is 41.6 Å². The molecular formula is C21H25N3O2. The summed E-state index contributed by atoms with van der Waals surface area (Å²) in [7, 11) is 1.45. The average Bonchev–Trinajstić information content (AvgIpc) is 3.50. The quantitative estimate of drug-likeness (QED) is 0.775. The van der Waals surface area contributed by atoms with E-state index in [9.17, 15) is 4.79 Å². The van der Waals surface area contributed by atoms with Gasteiger partial charge in [0.1, 0.15) is 6.04 Å². The first-order valence-corrected chi connectivity index (χ1v) is 9.35. The van der Waals surface area contributed by atoms with E-state index in [1.807, 2.05) is 18.5 Å². The number of benzene rings is 1. The second-order valence-electron chi connectivity index (χ2n) is 7.51. The first-order chi connectivity index (χ1) is 12.7. The molecule has 5 heteroatoms. The van der Waals surface area contributed by atoms with Gasteiger partial charge in [0.15, 0.2) is 0 Å². The number of rotatable bonds is 5. The van der Waals surface area contributed by atoms with Crippen LogP contribution in [0.2, 0.25) is 0 Å². The zero-order valence-electron chi connectivity index (χ0n) is 15.4. The molecule has 4 rings (SSSR count). The van der Waals surface area contributed by atoms with Gasteiger partial charge in [-0.05, 0) is 29.9 Å². The largest absolute Gasteiger partial charge is 0.469 e. The summed E-state index contributed by atoms with van der Waals surface area (Å²) in [6.07, 6.45) is 5.46. The number of esters is 1. The third kappa shape index (κ3) is 3.49. The van der Waals surface area contributed by atoms with Crippen LogP contribution in [0, 0.1) is 5.92 Å². The summed E-state index contributed by atoms with van der Waals surface area (Å²) >= 11 is 0. The van der Waals surface area contributed by atoms with Crippen molar-refractivity contribution in [3.63, 3.8) is 0 Å². The Balaban J connectivity index is 1.60. The van der Waals surface area contributed by atoms with E-state index in [0.717, 1.165) is 31.6 Å². The topological polar surface area (TPSA) is 54.8 Å². The second-order valence-corrected chi connectivity index (χ2v) is 7.51. The molecule has 3 unspecified atom stereocenters. The molecule has 1 aromatic heterocycles. The van der Waals surface area contributed by atoms with Gasteiger partial charge in [-0.25, -0.2) is 0 Å². The van der Waals surface area contributed by atoms with E-state index in [1.54, 1.807) is 0 Å². The number of pyridine rings is 1. The van der Waals surface area contributed by atoms with Gasteiger partial charge in [0.25, 0.3) is 0 Å². The standard InChI is InChI=1S/C21H25N3O2/c1-14-10-15(13-24(12-14)9-7-20(25)26-2)16-5-6-18(19-11-23-19)21-17(16)4-3-8-22-21/h3-6,8,11,14-15,19H,7,9-10,12-13H2,1-2H3. The van der Waals surface area contributed by atoms with Crippen LogP contribution in [0.4, 0.5) is 0 Å². The monoisotopic (exact) mass is 351 g/mol. The smallest absolute Gasteiger partial charge is 0.306 e. The number of fused-ring (bicyclic) bond motifs is 1. The van der Waals surface area contributed by atoms with Gasteiger partial charge < -0.3 is 9.64 Å².